The zero-order valence-corrected chi connectivity index (χ0v) is 12.8. The van der Waals surface area contributed by atoms with Gasteiger partial charge in [0.25, 0.3) is 5.91 Å². The van der Waals surface area contributed by atoms with Crippen LogP contribution in [0.2, 0.25) is 5.02 Å². The van der Waals surface area contributed by atoms with Crippen molar-refractivity contribution in [3.05, 3.63) is 52.2 Å². The number of hydrazone groups is 1. The van der Waals surface area contributed by atoms with Crippen LogP contribution in [-0.4, -0.2) is 25.1 Å². The van der Waals surface area contributed by atoms with E-state index in [2.05, 4.69) is 10.5 Å². The van der Waals surface area contributed by atoms with Crippen LogP contribution in [0, 0.1) is 6.92 Å². The first kappa shape index (κ1) is 16.2. The number of carbonyl (C=O) groups excluding carboxylic acids is 1. The maximum absolute atomic E-state index is 11.8. The van der Waals surface area contributed by atoms with E-state index in [1.54, 1.807) is 19.1 Å². The number of furan rings is 1. The number of nitrogens with one attached hydrogen (secondary N) is 1. The molecule has 0 aliphatic rings. The van der Waals surface area contributed by atoms with Gasteiger partial charge in [-0.1, -0.05) is 17.7 Å². The van der Waals surface area contributed by atoms with E-state index in [0.29, 0.717) is 10.6 Å². The molecule has 22 heavy (non-hydrogen) atoms. The first-order chi connectivity index (χ1) is 10.3. The van der Waals surface area contributed by atoms with E-state index in [0.717, 1.165) is 17.8 Å². The Morgan fingerprint density at radius 3 is 2.68 bits per heavy atom. The maximum atomic E-state index is 11.8. The number of hydrogen-bond donors (Lipinski definition) is 1. The Hall–Kier alpha value is -2.16. The third-order valence-corrected chi connectivity index (χ3v) is 3.76. The number of hydrogen-bond acceptors (Lipinski definition) is 6. The lowest BCUT2D eigenvalue weighted by molar-refractivity contribution is 0.0955. The van der Waals surface area contributed by atoms with Crippen molar-refractivity contribution in [2.45, 2.75) is 12.0 Å². The summed E-state index contributed by atoms with van der Waals surface area (Å²) in [6.07, 6.45) is 1.07. The summed E-state index contributed by atoms with van der Waals surface area (Å²) in [4.78, 5) is 11.8. The quantitative estimate of drug-likeness (QED) is 0.518. The van der Waals surface area contributed by atoms with Crippen molar-refractivity contribution in [3.8, 4) is 0 Å². The van der Waals surface area contributed by atoms with Gasteiger partial charge in [0.15, 0.2) is 10.1 Å². The van der Waals surface area contributed by atoms with Crippen LogP contribution in [0.3, 0.4) is 0 Å². The summed E-state index contributed by atoms with van der Waals surface area (Å²) in [5.74, 6) is -0.488. The lowest BCUT2D eigenvalue weighted by Gasteiger charge is -2.02. The van der Waals surface area contributed by atoms with Crippen molar-refractivity contribution >= 4 is 33.8 Å². The molecule has 0 unspecified atom stereocenters. The molecule has 0 atom stereocenters. The molecule has 0 spiro atoms. The topological polar surface area (TPSA) is 112 Å². The van der Waals surface area contributed by atoms with Gasteiger partial charge in [-0.3, -0.25) is 4.79 Å². The molecule has 1 aromatic heterocycles. The van der Waals surface area contributed by atoms with Crippen LogP contribution in [0.4, 0.5) is 0 Å². The van der Waals surface area contributed by atoms with Crippen molar-refractivity contribution in [2.75, 3.05) is 0 Å². The summed E-state index contributed by atoms with van der Waals surface area (Å²) >= 11 is 5.91. The molecule has 1 N–H and O–H groups in total. The molecule has 0 fully saturated rings. The van der Waals surface area contributed by atoms with Gasteiger partial charge in [0, 0.05) is 10.6 Å². The normalized spacial score (nSPS) is 11.8. The second-order valence-electron chi connectivity index (χ2n) is 4.27. The largest absolute Gasteiger partial charge is 0.742 e. The highest BCUT2D eigenvalue weighted by molar-refractivity contribution is 7.85. The lowest BCUT2D eigenvalue weighted by atomic mass is 10.1. The standard InChI is InChI=1S/C13H11ClN2O5S/c1-8-2-3-9(6-11(8)14)13(17)16-15-7-10-4-5-12(21-10)22(18,19)20/h2-7H,1H3,(H,16,17)(H,18,19,20)/p-1/b15-7+. The predicted octanol–water partition coefficient (Wildman–Crippen LogP) is 1.91. The predicted molar refractivity (Wildman–Crippen MR) is 77.9 cm³/mol. The molecule has 1 amide bonds. The first-order valence-corrected chi connectivity index (χ1v) is 7.71. The zero-order chi connectivity index (χ0) is 16.3. The molecule has 1 heterocycles. The summed E-state index contributed by atoms with van der Waals surface area (Å²) in [7, 11) is -4.66. The zero-order valence-electron chi connectivity index (χ0n) is 11.2. The molecule has 1 aromatic carbocycles. The summed E-state index contributed by atoms with van der Waals surface area (Å²) in [6.45, 7) is 1.81. The molecule has 0 saturated carbocycles. The fourth-order valence-electron chi connectivity index (χ4n) is 1.49. The minimum absolute atomic E-state index is 0.0108. The molecule has 9 heteroatoms. The number of carbonyl (C=O) groups is 1. The molecule has 2 rings (SSSR count). The molecule has 0 bridgehead atoms. The highest BCUT2D eigenvalue weighted by Crippen LogP contribution is 2.16. The summed E-state index contributed by atoms with van der Waals surface area (Å²) in [6, 6.07) is 7.02. The number of rotatable bonds is 4. The molecular weight excluding hydrogens is 332 g/mol. The van der Waals surface area contributed by atoms with Crippen LogP contribution in [0.15, 0.2) is 44.9 Å². The fourth-order valence-corrected chi connectivity index (χ4v) is 2.10. The van der Waals surface area contributed by atoms with Gasteiger partial charge in [0.1, 0.15) is 5.76 Å². The average Bonchev–Trinajstić information content (AvgIpc) is 2.90. The Morgan fingerprint density at radius 1 is 1.36 bits per heavy atom. The number of amides is 1. The highest BCUT2D eigenvalue weighted by Gasteiger charge is 2.08. The van der Waals surface area contributed by atoms with E-state index in [4.69, 9.17) is 16.0 Å². The van der Waals surface area contributed by atoms with E-state index in [-0.39, 0.29) is 5.76 Å². The molecule has 2 aromatic rings. The maximum Gasteiger partial charge on any atom is 0.271 e. The van der Waals surface area contributed by atoms with Crippen LogP contribution in [0.1, 0.15) is 21.7 Å². The second kappa shape index (κ2) is 6.30. The minimum Gasteiger partial charge on any atom is -0.742 e. The van der Waals surface area contributed by atoms with Gasteiger partial charge in [-0.25, -0.2) is 13.8 Å². The van der Waals surface area contributed by atoms with Crippen molar-refractivity contribution < 1.29 is 22.2 Å². The molecule has 0 radical (unpaired) electrons. The van der Waals surface area contributed by atoms with Crippen molar-refractivity contribution in [3.63, 3.8) is 0 Å². The minimum atomic E-state index is -4.66. The lowest BCUT2D eigenvalue weighted by Crippen LogP contribution is -2.17. The van der Waals surface area contributed by atoms with E-state index >= 15 is 0 Å². The first-order valence-electron chi connectivity index (χ1n) is 5.92. The van der Waals surface area contributed by atoms with Gasteiger partial charge in [-0.05, 0) is 36.8 Å². The Bertz CT molecular complexity index is 842. The van der Waals surface area contributed by atoms with Gasteiger partial charge in [-0.15, -0.1) is 0 Å². The Kier molecular flexibility index (Phi) is 4.65. The molecule has 7 nitrogen and oxygen atoms in total. The summed E-state index contributed by atoms with van der Waals surface area (Å²) < 4.78 is 36.8. The monoisotopic (exact) mass is 341 g/mol. The molecule has 0 aliphatic carbocycles. The van der Waals surface area contributed by atoms with Crippen molar-refractivity contribution in [1.82, 2.24) is 5.43 Å². The third kappa shape index (κ3) is 3.94. The van der Waals surface area contributed by atoms with Gasteiger partial charge < -0.3 is 8.97 Å². The van der Waals surface area contributed by atoms with Crippen LogP contribution >= 0.6 is 11.6 Å². The van der Waals surface area contributed by atoms with Gasteiger partial charge in [-0.2, -0.15) is 5.10 Å². The number of benzene rings is 1. The van der Waals surface area contributed by atoms with Crippen molar-refractivity contribution in [1.29, 1.82) is 0 Å². The van der Waals surface area contributed by atoms with E-state index in [1.807, 2.05) is 0 Å². The van der Waals surface area contributed by atoms with Crippen LogP contribution in [0.25, 0.3) is 0 Å². The van der Waals surface area contributed by atoms with Crippen molar-refractivity contribution in [2.24, 2.45) is 5.10 Å². The molecular formula is C13H10ClN2O5S-. The van der Waals surface area contributed by atoms with Crippen LogP contribution in [0.5, 0.6) is 0 Å². The smallest absolute Gasteiger partial charge is 0.271 e. The summed E-state index contributed by atoms with van der Waals surface area (Å²) in [5, 5.41) is 3.34. The number of halogens is 1. The molecule has 0 saturated heterocycles. The Morgan fingerprint density at radius 2 is 2.09 bits per heavy atom. The Labute approximate surface area is 131 Å². The second-order valence-corrected chi connectivity index (χ2v) is 5.99. The van der Waals surface area contributed by atoms with Gasteiger partial charge in [0.05, 0.1) is 6.21 Å². The SMILES string of the molecule is Cc1ccc(C(=O)N/N=C/c2ccc(S(=O)(=O)[O-])o2)cc1Cl. The average molecular weight is 342 g/mol. The van der Waals surface area contributed by atoms with E-state index in [9.17, 15) is 17.8 Å². The van der Waals surface area contributed by atoms with Crippen LogP contribution in [-0.2, 0) is 10.1 Å². The van der Waals surface area contributed by atoms with Gasteiger partial charge in [0.2, 0.25) is 5.09 Å². The summed E-state index contributed by atoms with van der Waals surface area (Å²) in [5.41, 5.74) is 3.38. The Balaban J connectivity index is 2.04. The van der Waals surface area contributed by atoms with Gasteiger partial charge >= 0.3 is 0 Å². The van der Waals surface area contributed by atoms with E-state index < -0.39 is 21.1 Å². The number of aryl methyl sites for hydroxylation is 1. The fraction of sp³-hybridized carbons (Fsp3) is 0.0769. The van der Waals surface area contributed by atoms with E-state index in [1.165, 1.54) is 12.1 Å². The molecule has 0 aliphatic heterocycles. The third-order valence-electron chi connectivity index (χ3n) is 2.64. The van der Waals surface area contributed by atoms with Crippen LogP contribution < -0.4 is 5.43 Å². The highest BCUT2D eigenvalue weighted by atomic mass is 35.5. The number of nitrogens with zero attached hydrogens (tertiary/aromatic N) is 1. The molecule has 116 valence electrons.